The largest absolute Gasteiger partial charge is 0.344 e. The third kappa shape index (κ3) is 2.76. The molecule has 4 rings (SSSR count). The Morgan fingerprint density at radius 1 is 1.46 bits per heavy atom. The second kappa shape index (κ2) is 6.45. The lowest BCUT2D eigenvalue weighted by Crippen LogP contribution is -2.25. The number of hydrogen-bond donors (Lipinski definition) is 1. The van der Waals surface area contributed by atoms with Gasteiger partial charge in [-0.05, 0) is 38.3 Å². The Morgan fingerprint density at radius 2 is 2.38 bits per heavy atom. The van der Waals surface area contributed by atoms with Crippen molar-refractivity contribution in [2.75, 3.05) is 18.5 Å². The van der Waals surface area contributed by atoms with E-state index in [1.54, 1.807) is 17.7 Å². The molecule has 0 bridgehead atoms. The summed E-state index contributed by atoms with van der Waals surface area (Å²) in [5, 5.41) is 10.5. The van der Waals surface area contributed by atoms with Gasteiger partial charge in [-0.15, -0.1) is 11.3 Å². The molecule has 0 aromatic carbocycles. The summed E-state index contributed by atoms with van der Waals surface area (Å²) < 4.78 is 5.57. The molecule has 3 aromatic rings. The summed E-state index contributed by atoms with van der Waals surface area (Å²) in [6.45, 7) is 3.04. The van der Waals surface area contributed by atoms with Gasteiger partial charge < -0.3 is 14.7 Å². The van der Waals surface area contributed by atoms with Gasteiger partial charge in [0, 0.05) is 19.0 Å². The lowest BCUT2D eigenvalue weighted by atomic mass is 10.2. The van der Waals surface area contributed by atoms with E-state index in [1.807, 2.05) is 7.05 Å². The number of likely N-dealkylation sites (N-methyl/N-ethyl adjacent to an activating group) is 1. The Kier molecular flexibility index (Phi) is 4.15. The van der Waals surface area contributed by atoms with Gasteiger partial charge in [-0.2, -0.15) is 4.98 Å². The van der Waals surface area contributed by atoms with Crippen molar-refractivity contribution in [1.29, 1.82) is 0 Å². The van der Waals surface area contributed by atoms with Crippen molar-refractivity contribution >= 4 is 27.4 Å². The number of nitrogens with zero attached hydrogens (tertiary/aromatic N) is 5. The maximum Gasteiger partial charge on any atom is 0.249 e. The van der Waals surface area contributed by atoms with Crippen molar-refractivity contribution < 1.29 is 4.52 Å². The van der Waals surface area contributed by atoms with E-state index in [4.69, 9.17) is 4.52 Å². The summed E-state index contributed by atoms with van der Waals surface area (Å²) in [5.74, 6) is 2.40. The first-order valence-corrected chi connectivity index (χ1v) is 9.09. The number of anilines is 1. The van der Waals surface area contributed by atoms with Crippen molar-refractivity contribution in [3.8, 4) is 0 Å². The Morgan fingerprint density at radius 3 is 3.25 bits per heavy atom. The molecule has 1 fully saturated rings. The Labute approximate surface area is 144 Å². The highest BCUT2D eigenvalue weighted by Gasteiger charge is 2.32. The normalized spacial score (nSPS) is 19.2. The molecule has 0 saturated carbocycles. The summed E-state index contributed by atoms with van der Waals surface area (Å²) in [6.07, 6.45) is 4.48. The van der Waals surface area contributed by atoms with E-state index >= 15 is 0 Å². The zero-order valence-electron chi connectivity index (χ0n) is 13.8. The highest BCUT2D eigenvalue weighted by molar-refractivity contribution is 7.16. The molecule has 1 N–H and O–H groups in total. The van der Waals surface area contributed by atoms with Gasteiger partial charge in [-0.3, -0.25) is 0 Å². The number of fused-ring (bicyclic) bond motifs is 1. The van der Waals surface area contributed by atoms with Gasteiger partial charge in [0.1, 0.15) is 23.0 Å². The molecule has 8 heteroatoms. The number of thiophene rings is 1. The molecule has 2 unspecified atom stereocenters. The minimum Gasteiger partial charge on any atom is -0.344 e. The van der Waals surface area contributed by atoms with Crippen molar-refractivity contribution in [3.05, 3.63) is 29.5 Å². The van der Waals surface area contributed by atoms with Crippen LogP contribution in [0.1, 0.15) is 37.5 Å². The maximum atomic E-state index is 5.57. The van der Waals surface area contributed by atoms with Crippen LogP contribution in [0.25, 0.3) is 10.2 Å². The maximum absolute atomic E-state index is 5.57. The van der Waals surface area contributed by atoms with Crippen molar-refractivity contribution in [2.45, 2.75) is 38.3 Å². The lowest BCUT2D eigenvalue weighted by Gasteiger charge is -2.23. The van der Waals surface area contributed by atoms with Gasteiger partial charge in [0.05, 0.1) is 5.39 Å². The molecular weight excluding hydrogens is 324 g/mol. The molecule has 0 spiro atoms. The summed E-state index contributed by atoms with van der Waals surface area (Å²) >= 11 is 1.63. The standard InChI is InChI=1S/C16H20N6OS/c1-10(17-2)8-13-20-15(23-21-13)12-4-3-6-22(12)14-11-5-7-24-16(11)19-9-18-14/h5,7,9-10,12,17H,3-4,6,8H2,1-2H3. The van der Waals surface area contributed by atoms with E-state index in [2.05, 4.69) is 48.7 Å². The molecule has 24 heavy (non-hydrogen) atoms. The van der Waals surface area contributed by atoms with Gasteiger partial charge in [0.15, 0.2) is 5.82 Å². The lowest BCUT2D eigenvalue weighted by molar-refractivity contribution is 0.349. The predicted octanol–water partition coefficient (Wildman–Crippen LogP) is 2.57. The van der Waals surface area contributed by atoms with Crippen molar-refractivity contribution in [1.82, 2.24) is 25.4 Å². The summed E-state index contributed by atoms with van der Waals surface area (Å²) in [7, 11) is 1.94. The van der Waals surface area contributed by atoms with Crippen LogP contribution in [0, 0.1) is 0 Å². The van der Waals surface area contributed by atoms with Gasteiger partial charge in [0.2, 0.25) is 5.89 Å². The van der Waals surface area contributed by atoms with Gasteiger partial charge in [-0.1, -0.05) is 5.16 Å². The monoisotopic (exact) mass is 344 g/mol. The molecular formula is C16H20N6OS. The van der Waals surface area contributed by atoms with Crippen LogP contribution in [-0.4, -0.2) is 39.7 Å². The highest BCUT2D eigenvalue weighted by atomic mass is 32.1. The highest BCUT2D eigenvalue weighted by Crippen LogP contribution is 2.38. The van der Waals surface area contributed by atoms with E-state index in [-0.39, 0.29) is 6.04 Å². The number of nitrogens with one attached hydrogen (secondary N) is 1. The molecule has 2 atom stereocenters. The van der Waals surface area contributed by atoms with E-state index in [0.717, 1.165) is 47.7 Å². The van der Waals surface area contributed by atoms with Crippen LogP contribution < -0.4 is 10.2 Å². The fourth-order valence-electron chi connectivity index (χ4n) is 3.14. The average molecular weight is 344 g/mol. The summed E-state index contributed by atoms with van der Waals surface area (Å²) in [4.78, 5) is 16.8. The summed E-state index contributed by atoms with van der Waals surface area (Å²) in [6, 6.07) is 2.50. The minimum atomic E-state index is 0.0918. The third-order valence-corrected chi connectivity index (χ3v) is 5.34. The fourth-order valence-corrected chi connectivity index (χ4v) is 3.87. The van der Waals surface area contributed by atoms with Gasteiger partial charge in [0.25, 0.3) is 0 Å². The van der Waals surface area contributed by atoms with E-state index in [1.165, 1.54) is 0 Å². The van der Waals surface area contributed by atoms with E-state index in [9.17, 15) is 0 Å². The molecule has 126 valence electrons. The van der Waals surface area contributed by atoms with Crippen LogP contribution in [0.2, 0.25) is 0 Å². The first-order chi connectivity index (χ1) is 11.8. The van der Waals surface area contributed by atoms with E-state index < -0.39 is 0 Å². The number of rotatable bonds is 5. The van der Waals surface area contributed by atoms with Crippen LogP contribution in [0.4, 0.5) is 5.82 Å². The SMILES string of the molecule is CNC(C)Cc1noc(C2CCCN2c2ncnc3sccc23)n1. The van der Waals surface area contributed by atoms with E-state index in [0.29, 0.717) is 11.9 Å². The molecule has 4 heterocycles. The van der Waals surface area contributed by atoms with Crippen LogP contribution >= 0.6 is 11.3 Å². The van der Waals surface area contributed by atoms with Crippen LogP contribution in [0.5, 0.6) is 0 Å². The zero-order valence-corrected chi connectivity index (χ0v) is 14.6. The first kappa shape index (κ1) is 15.5. The Hall–Kier alpha value is -2.06. The number of hydrogen-bond acceptors (Lipinski definition) is 8. The molecule has 1 aliphatic heterocycles. The zero-order chi connectivity index (χ0) is 16.5. The second-order valence-electron chi connectivity index (χ2n) is 6.13. The first-order valence-electron chi connectivity index (χ1n) is 8.21. The third-order valence-electron chi connectivity index (χ3n) is 4.52. The molecule has 7 nitrogen and oxygen atoms in total. The average Bonchev–Trinajstić information content (AvgIpc) is 3.33. The molecule has 1 saturated heterocycles. The Balaban J connectivity index is 1.62. The van der Waals surface area contributed by atoms with Crippen molar-refractivity contribution in [2.24, 2.45) is 0 Å². The van der Waals surface area contributed by atoms with Gasteiger partial charge >= 0.3 is 0 Å². The van der Waals surface area contributed by atoms with Crippen LogP contribution in [-0.2, 0) is 6.42 Å². The smallest absolute Gasteiger partial charge is 0.249 e. The minimum absolute atomic E-state index is 0.0918. The van der Waals surface area contributed by atoms with Gasteiger partial charge in [-0.25, -0.2) is 9.97 Å². The second-order valence-corrected chi connectivity index (χ2v) is 7.03. The molecule has 0 amide bonds. The fraction of sp³-hybridized carbons (Fsp3) is 0.500. The number of aromatic nitrogens is 4. The summed E-state index contributed by atoms with van der Waals surface area (Å²) in [5.41, 5.74) is 0. The quantitative estimate of drug-likeness (QED) is 0.762. The molecule has 0 aliphatic carbocycles. The van der Waals surface area contributed by atoms with Crippen molar-refractivity contribution in [3.63, 3.8) is 0 Å². The molecule has 1 aliphatic rings. The van der Waals surface area contributed by atoms with Crippen LogP contribution in [0.15, 0.2) is 22.3 Å². The van der Waals surface area contributed by atoms with Crippen LogP contribution in [0.3, 0.4) is 0 Å². The molecule has 0 radical (unpaired) electrons. The topological polar surface area (TPSA) is 80.0 Å². The predicted molar refractivity (Wildman–Crippen MR) is 93.3 cm³/mol. The molecule has 3 aromatic heterocycles. The Bertz CT molecular complexity index is 831.